The molecule has 0 aliphatic carbocycles. The Labute approximate surface area is 133 Å². The minimum absolute atomic E-state index is 0.211. The second-order valence-corrected chi connectivity index (χ2v) is 5.52. The van der Waals surface area contributed by atoms with Crippen molar-refractivity contribution < 1.29 is 9.18 Å². The van der Waals surface area contributed by atoms with Crippen LogP contribution >= 0.6 is 0 Å². The Hall–Kier alpha value is -2.76. The van der Waals surface area contributed by atoms with Crippen LogP contribution in [0.25, 0.3) is 5.65 Å². The number of benzene rings is 1. The molecule has 0 saturated heterocycles. The highest BCUT2D eigenvalue weighted by atomic mass is 19.1. The number of rotatable bonds is 4. The van der Waals surface area contributed by atoms with E-state index >= 15 is 0 Å². The fourth-order valence-electron chi connectivity index (χ4n) is 2.60. The van der Waals surface area contributed by atoms with Gasteiger partial charge in [0, 0.05) is 18.4 Å². The molecule has 2 aromatic heterocycles. The van der Waals surface area contributed by atoms with Crippen LogP contribution in [0.15, 0.2) is 42.7 Å². The van der Waals surface area contributed by atoms with Gasteiger partial charge in [0.15, 0.2) is 5.65 Å². The molecule has 3 rings (SSSR count). The summed E-state index contributed by atoms with van der Waals surface area (Å²) in [6.45, 7) is 3.62. The lowest BCUT2D eigenvalue weighted by molar-refractivity contribution is 0.0940. The zero-order valence-electron chi connectivity index (χ0n) is 13.0. The Kier molecular flexibility index (Phi) is 4.06. The molecule has 1 atom stereocenters. The van der Waals surface area contributed by atoms with E-state index in [0.717, 1.165) is 0 Å². The van der Waals surface area contributed by atoms with E-state index < -0.39 is 0 Å². The summed E-state index contributed by atoms with van der Waals surface area (Å²) in [5, 5.41) is 7.16. The molecular weight excluding hydrogens is 295 g/mol. The number of halogens is 1. The summed E-state index contributed by atoms with van der Waals surface area (Å²) in [6, 6.07) is 8.12. The van der Waals surface area contributed by atoms with Gasteiger partial charge in [-0.1, -0.05) is 18.2 Å². The maximum Gasteiger partial charge on any atom is 0.257 e. The standard InChI is InChI=1S/C17H17FN4O/c1-11(10-13-6-3-4-7-14(13)18)20-17(23)15-12(2)21-22-9-5-8-19-16(15)22/h3-9,11H,10H2,1-2H3,(H,20,23). The summed E-state index contributed by atoms with van der Waals surface area (Å²) in [5.74, 6) is -0.512. The van der Waals surface area contributed by atoms with Crippen LogP contribution in [-0.2, 0) is 6.42 Å². The summed E-state index contributed by atoms with van der Waals surface area (Å²) >= 11 is 0. The van der Waals surface area contributed by atoms with Crippen molar-refractivity contribution in [3.63, 3.8) is 0 Å². The van der Waals surface area contributed by atoms with Crippen LogP contribution in [0.4, 0.5) is 4.39 Å². The number of aryl methyl sites for hydroxylation is 1. The summed E-state index contributed by atoms with van der Waals surface area (Å²) in [6.07, 6.45) is 3.79. The van der Waals surface area contributed by atoms with Crippen LogP contribution in [0.5, 0.6) is 0 Å². The van der Waals surface area contributed by atoms with Gasteiger partial charge in [-0.3, -0.25) is 4.79 Å². The van der Waals surface area contributed by atoms with Gasteiger partial charge in [-0.25, -0.2) is 13.9 Å². The van der Waals surface area contributed by atoms with Crippen LogP contribution in [0, 0.1) is 12.7 Å². The fraction of sp³-hybridized carbons (Fsp3) is 0.235. The van der Waals surface area contributed by atoms with Crippen molar-refractivity contribution in [3.05, 3.63) is 65.4 Å². The van der Waals surface area contributed by atoms with Crippen molar-refractivity contribution >= 4 is 11.6 Å². The number of nitrogens with zero attached hydrogens (tertiary/aromatic N) is 3. The number of hydrogen-bond donors (Lipinski definition) is 1. The van der Waals surface area contributed by atoms with Gasteiger partial charge in [-0.2, -0.15) is 5.10 Å². The second kappa shape index (κ2) is 6.16. The van der Waals surface area contributed by atoms with Gasteiger partial charge in [-0.05, 0) is 38.0 Å². The van der Waals surface area contributed by atoms with Gasteiger partial charge in [0.25, 0.3) is 5.91 Å². The number of nitrogens with one attached hydrogen (secondary N) is 1. The highest BCUT2D eigenvalue weighted by molar-refractivity contribution is 6.01. The summed E-state index contributed by atoms with van der Waals surface area (Å²) in [5.41, 5.74) is 2.15. The normalized spacial score (nSPS) is 12.3. The number of hydrogen-bond acceptors (Lipinski definition) is 3. The van der Waals surface area contributed by atoms with Crippen molar-refractivity contribution in [3.8, 4) is 0 Å². The molecule has 1 aromatic carbocycles. The summed E-state index contributed by atoms with van der Waals surface area (Å²) in [4.78, 5) is 16.7. The van der Waals surface area contributed by atoms with Crippen molar-refractivity contribution in [1.29, 1.82) is 0 Å². The monoisotopic (exact) mass is 312 g/mol. The van der Waals surface area contributed by atoms with Crippen LogP contribution in [0.2, 0.25) is 0 Å². The van der Waals surface area contributed by atoms with Gasteiger partial charge >= 0.3 is 0 Å². The predicted molar refractivity (Wildman–Crippen MR) is 84.8 cm³/mol. The molecule has 0 aliphatic rings. The molecular formula is C17H17FN4O. The van der Waals surface area contributed by atoms with E-state index in [1.807, 2.05) is 6.92 Å². The number of amides is 1. The van der Waals surface area contributed by atoms with E-state index in [0.29, 0.717) is 28.9 Å². The Morgan fingerprint density at radius 2 is 2.13 bits per heavy atom. The maximum absolute atomic E-state index is 13.7. The molecule has 0 aliphatic heterocycles. The molecule has 3 aromatic rings. The number of aromatic nitrogens is 3. The molecule has 23 heavy (non-hydrogen) atoms. The molecule has 6 heteroatoms. The van der Waals surface area contributed by atoms with Gasteiger partial charge in [0.2, 0.25) is 0 Å². The molecule has 0 bridgehead atoms. The van der Waals surface area contributed by atoms with Gasteiger partial charge in [-0.15, -0.1) is 0 Å². The van der Waals surface area contributed by atoms with Gasteiger partial charge in [0.05, 0.1) is 5.69 Å². The van der Waals surface area contributed by atoms with Crippen molar-refractivity contribution in [2.24, 2.45) is 0 Å². The molecule has 2 heterocycles. The first kappa shape index (κ1) is 15.1. The summed E-state index contributed by atoms with van der Waals surface area (Å²) < 4.78 is 15.3. The number of fused-ring (bicyclic) bond motifs is 1. The molecule has 5 nitrogen and oxygen atoms in total. The smallest absolute Gasteiger partial charge is 0.257 e. The fourth-order valence-corrected chi connectivity index (χ4v) is 2.60. The first-order valence-electron chi connectivity index (χ1n) is 7.40. The third-order valence-electron chi connectivity index (χ3n) is 3.66. The average molecular weight is 312 g/mol. The molecule has 1 N–H and O–H groups in total. The Morgan fingerprint density at radius 3 is 2.91 bits per heavy atom. The van der Waals surface area contributed by atoms with Crippen LogP contribution in [0.3, 0.4) is 0 Å². The molecule has 118 valence electrons. The Balaban J connectivity index is 1.78. The highest BCUT2D eigenvalue weighted by Gasteiger charge is 2.20. The molecule has 0 fully saturated rings. The van der Waals surface area contributed by atoms with Crippen molar-refractivity contribution in [2.75, 3.05) is 0 Å². The van der Waals surface area contributed by atoms with Crippen LogP contribution in [0.1, 0.15) is 28.5 Å². The zero-order valence-corrected chi connectivity index (χ0v) is 13.0. The van der Waals surface area contributed by atoms with E-state index in [4.69, 9.17) is 0 Å². The third kappa shape index (κ3) is 3.06. The van der Waals surface area contributed by atoms with E-state index in [1.54, 1.807) is 48.1 Å². The number of carbonyl (C=O) groups excluding carboxylic acids is 1. The van der Waals surface area contributed by atoms with Crippen LogP contribution in [-0.4, -0.2) is 26.5 Å². The van der Waals surface area contributed by atoms with Crippen molar-refractivity contribution in [2.45, 2.75) is 26.3 Å². The summed E-state index contributed by atoms with van der Waals surface area (Å²) in [7, 11) is 0. The third-order valence-corrected chi connectivity index (χ3v) is 3.66. The minimum Gasteiger partial charge on any atom is -0.349 e. The molecule has 0 saturated carbocycles. The lowest BCUT2D eigenvalue weighted by Gasteiger charge is -2.14. The zero-order chi connectivity index (χ0) is 16.4. The first-order chi connectivity index (χ1) is 11.1. The van der Waals surface area contributed by atoms with Gasteiger partial charge in [0.1, 0.15) is 11.4 Å². The molecule has 1 amide bonds. The van der Waals surface area contributed by atoms with Gasteiger partial charge < -0.3 is 5.32 Å². The first-order valence-corrected chi connectivity index (χ1v) is 7.40. The lowest BCUT2D eigenvalue weighted by atomic mass is 10.1. The Bertz CT molecular complexity index is 859. The second-order valence-electron chi connectivity index (χ2n) is 5.52. The number of carbonyl (C=O) groups is 1. The molecule has 0 spiro atoms. The minimum atomic E-state index is -0.262. The quantitative estimate of drug-likeness (QED) is 0.805. The highest BCUT2D eigenvalue weighted by Crippen LogP contribution is 2.14. The Morgan fingerprint density at radius 1 is 1.35 bits per heavy atom. The molecule has 1 unspecified atom stereocenters. The average Bonchev–Trinajstić information content (AvgIpc) is 2.85. The largest absolute Gasteiger partial charge is 0.349 e. The van der Waals surface area contributed by atoms with E-state index in [9.17, 15) is 9.18 Å². The predicted octanol–water partition coefficient (Wildman–Crippen LogP) is 2.54. The topological polar surface area (TPSA) is 59.3 Å². The van der Waals surface area contributed by atoms with E-state index in [1.165, 1.54) is 6.07 Å². The van der Waals surface area contributed by atoms with E-state index in [2.05, 4.69) is 15.4 Å². The SMILES string of the molecule is Cc1nn2cccnc2c1C(=O)NC(C)Cc1ccccc1F. The molecule has 0 radical (unpaired) electrons. The van der Waals surface area contributed by atoms with Crippen molar-refractivity contribution in [1.82, 2.24) is 19.9 Å². The van der Waals surface area contributed by atoms with E-state index in [-0.39, 0.29) is 17.8 Å². The van der Waals surface area contributed by atoms with Crippen LogP contribution < -0.4 is 5.32 Å². The lowest BCUT2D eigenvalue weighted by Crippen LogP contribution is -2.34. The maximum atomic E-state index is 13.7.